The molecule has 0 saturated heterocycles. The molecule has 2 rings (SSSR count). The summed E-state index contributed by atoms with van der Waals surface area (Å²) in [7, 11) is 0. The monoisotopic (exact) mass is 326 g/mol. The lowest BCUT2D eigenvalue weighted by atomic mass is 9.85. The average molecular weight is 326 g/mol. The Bertz CT molecular complexity index is 769. The van der Waals surface area contributed by atoms with Crippen LogP contribution >= 0.6 is 0 Å². The van der Waals surface area contributed by atoms with Crippen LogP contribution in [0.25, 0.3) is 11.1 Å². The molecule has 0 aliphatic rings. The summed E-state index contributed by atoms with van der Waals surface area (Å²) in [4.78, 5) is 22.8. The smallest absolute Gasteiger partial charge is 0.308 e. The lowest BCUT2D eigenvalue weighted by Gasteiger charge is -2.21. The summed E-state index contributed by atoms with van der Waals surface area (Å²) >= 11 is 0. The first-order valence-corrected chi connectivity index (χ1v) is 7.79. The molecular weight excluding hydrogens is 304 g/mol. The van der Waals surface area contributed by atoms with Crippen molar-refractivity contribution >= 4 is 11.9 Å². The molecule has 0 N–H and O–H groups in total. The van der Waals surface area contributed by atoms with Crippen molar-refractivity contribution in [2.24, 2.45) is 0 Å². The first-order valence-electron chi connectivity index (χ1n) is 7.79. The summed E-state index contributed by atoms with van der Waals surface area (Å²) in [6.45, 7) is 9.04. The third-order valence-corrected chi connectivity index (χ3v) is 3.53. The van der Waals surface area contributed by atoms with Crippen molar-refractivity contribution in [2.45, 2.75) is 40.0 Å². The molecule has 126 valence electrons. The fourth-order valence-corrected chi connectivity index (χ4v) is 2.38. The minimum Gasteiger partial charge on any atom is -0.426 e. The van der Waals surface area contributed by atoms with E-state index in [1.807, 2.05) is 24.3 Å². The summed E-state index contributed by atoms with van der Waals surface area (Å²) in [5, 5.41) is 0. The number of para-hydroxylation sites is 1. The van der Waals surface area contributed by atoms with Crippen LogP contribution in [-0.4, -0.2) is 11.9 Å². The molecule has 0 aliphatic heterocycles. The van der Waals surface area contributed by atoms with Gasteiger partial charge in [-0.2, -0.15) is 0 Å². The van der Waals surface area contributed by atoms with E-state index in [0.29, 0.717) is 17.1 Å². The van der Waals surface area contributed by atoms with Crippen molar-refractivity contribution in [1.29, 1.82) is 0 Å². The zero-order chi connectivity index (χ0) is 17.9. The molecule has 2 aromatic carbocycles. The van der Waals surface area contributed by atoms with Gasteiger partial charge in [-0.25, -0.2) is 0 Å². The fourth-order valence-electron chi connectivity index (χ4n) is 2.38. The molecule has 0 amide bonds. The number of hydrogen-bond donors (Lipinski definition) is 0. The second kappa shape index (κ2) is 6.87. The van der Waals surface area contributed by atoms with Crippen molar-refractivity contribution in [3.05, 3.63) is 48.0 Å². The lowest BCUT2D eigenvalue weighted by Crippen LogP contribution is -2.12. The maximum atomic E-state index is 11.4. The third-order valence-electron chi connectivity index (χ3n) is 3.53. The predicted octanol–water partition coefficient (Wildman–Crippen LogP) is 4.50. The second-order valence-corrected chi connectivity index (χ2v) is 6.64. The van der Waals surface area contributed by atoms with Gasteiger partial charge in [0.05, 0.1) is 0 Å². The molecule has 24 heavy (non-hydrogen) atoms. The molecule has 0 aromatic heterocycles. The average Bonchev–Trinajstić information content (AvgIpc) is 2.46. The minimum absolute atomic E-state index is 0.0696. The molecule has 0 spiro atoms. The number of carbonyl (C=O) groups excluding carboxylic acids is 2. The van der Waals surface area contributed by atoms with Gasteiger partial charge >= 0.3 is 11.9 Å². The maximum Gasteiger partial charge on any atom is 0.308 e. The van der Waals surface area contributed by atoms with Crippen molar-refractivity contribution in [1.82, 2.24) is 0 Å². The van der Waals surface area contributed by atoms with Gasteiger partial charge in [-0.15, -0.1) is 0 Å². The van der Waals surface area contributed by atoms with E-state index >= 15 is 0 Å². The summed E-state index contributed by atoms with van der Waals surface area (Å²) in [6, 6.07) is 12.9. The Balaban J connectivity index is 2.66. The number of benzene rings is 2. The van der Waals surface area contributed by atoms with Crippen LogP contribution in [0.5, 0.6) is 11.5 Å². The van der Waals surface area contributed by atoms with E-state index in [1.54, 1.807) is 18.2 Å². The van der Waals surface area contributed by atoms with Gasteiger partial charge in [-0.1, -0.05) is 45.0 Å². The zero-order valence-electron chi connectivity index (χ0n) is 14.7. The molecule has 0 heterocycles. The van der Waals surface area contributed by atoms with Crippen LogP contribution in [0.2, 0.25) is 0 Å². The van der Waals surface area contributed by atoms with Crippen LogP contribution in [0.3, 0.4) is 0 Å². The normalized spacial score (nSPS) is 11.0. The predicted molar refractivity (Wildman–Crippen MR) is 93.2 cm³/mol. The minimum atomic E-state index is -0.400. The van der Waals surface area contributed by atoms with Gasteiger partial charge < -0.3 is 9.47 Å². The molecule has 0 radical (unpaired) electrons. The molecule has 0 aliphatic carbocycles. The Morgan fingerprint density at radius 1 is 0.792 bits per heavy atom. The fraction of sp³-hybridized carbons (Fsp3) is 0.300. The highest BCUT2D eigenvalue weighted by molar-refractivity contribution is 5.82. The van der Waals surface area contributed by atoms with E-state index in [0.717, 1.165) is 11.1 Å². The molecule has 0 fully saturated rings. The number of rotatable bonds is 3. The standard InChI is InChI=1S/C20H22O4/c1-13(21)23-18-9-7-6-8-16(18)17-12-15(20(3,4)5)10-11-19(17)24-14(2)22/h6-12H,1-5H3. The molecule has 0 saturated carbocycles. The van der Waals surface area contributed by atoms with Gasteiger partial charge in [0.1, 0.15) is 11.5 Å². The van der Waals surface area contributed by atoms with Crippen LogP contribution in [-0.2, 0) is 15.0 Å². The van der Waals surface area contributed by atoms with Crippen molar-refractivity contribution in [2.75, 3.05) is 0 Å². The Morgan fingerprint density at radius 3 is 1.88 bits per heavy atom. The highest BCUT2D eigenvalue weighted by Gasteiger charge is 2.19. The van der Waals surface area contributed by atoms with Crippen molar-refractivity contribution < 1.29 is 19.1 Å². The first-order chi connectivity index (χ1) is 11.2. The molecule has 4 nitrogen and oxygen atoms in total. The largest absolute Gasteiger partial charge is 0.426 e. The summed E-state index contributed by atoms with van der Waals surface area (Å²) in [5.74, 6) is 0.0766. The van der Waals surface area contributed by atoms with Gasteiger partial charge in [0.2, 0.25) is 0 Å². The van der Waals surface area contributed by atoms with Gasteiger partial charge in [-0.05, 0) is 29.2 Å². The first kappa shape index (κ1) is 17.7. The Hall–Kier alpha value is -2.62. The van der Waals surface area contributed by atoms with Crippen LogP contribution in [0.1, 0.15) is 40.2 Å². The number of ether oxygens (including phenoxy) is 2. The molecule has 2 aromatic rings. The summed E-state index contributed by atoms with van der Waals surface area (Å²) < 4.78 is 10.7. The van der Waals surface area contributed by atoms with Gasteiger partial charge in [0.25, 0.3) is 0 Å². The van der Waals surface area contributed by atoms with E-state index < -0.39 is 11.9 Å². The number of hydrogen-bond acceptors (Lipinski definition) is 4. The number of carbonyl (C=O) groups is 2. The van der Waals surface area contributed by atoms with E-state index in [9.17, 15) is 9.59 Å². The quantitative estimate of drug-likeness (QED) is 0.615. The van der Waals surface area contributed by atoms with Gasteiger partial charge in [0, 0.05) is 25.0 Å². The molecular formula is C20H22O4. The Labute approximate surface area is 142 Å². The van der Waals surface area contributed by atoms with Crippen LogP contribution < -0.4 is 9.47 Å². The van der Waals surface area contributed by atoms with E-state index in [4.69, 9.17) is 9.47 Å². The molecule has 4 heteroatoms. The topological polar surface area (TPSA) is 52.6 Å². The third kappa shape index (κ3) is 4.22. The molecule has 0 bridgehead atoms. The van der Waals surface area contributed by atoms with E-state index in [1.165, 1.54) is 13.8 Å². The van der Waals surface area contributed by atoms with Crippen LogP contribution in [0, 0.1) is 0 Å². The van der Waals surface area contributed by atoms with Gasteiger partial charge in [0.15, 0.2) is 0 Å². The molecule has 0 unspecified atom stereocenters. The van der Waals surface area contributed by atoms with Crippen molar-refractivity contribution in [3.63, 3.8) is 0 Å². The Morgan fingerprint density at radius 2 is 1.33 bits per heavy atom. The summed E-state index contributed by atoms with van der Waals surface area (Å²) in [5.41, 5.74) is 2.44. The van der Waals surface area contributed by atoms with Crippen molar-refractivity contribution in [3.8, 4) is 22.6 Å². The zero-order valence-corrected chi connectivity index (χ0v) is 14.7. The lowest BCUT2D eigenvalue weighted by molar-refractivity contribution is -0.132. The SMILES string of the molecule is CC(=O)Oc1ccccc1-c1cc(C(C)(C)C)ccc1OC(C)=O. The summed E-state index contributed by atoms with van der Waals surface area (Å²) in [6.07, 6.45) is 0. The highest BCUT2D eigenvalue weighted by Crippen LogP contribution is 2.39. The van der Waals surface area contributed by atoms with Gasteiger partial charge in [-0.3, -0.25) is 9.59 Å². The van der Waals surface area contributed by atoms with E-state index in [-0.39, 0.29) is 5.41 Å². The van der Waals surface area contributed by atoms with Crippen LogP contribution in [0.15, 0.2) is 42.5 Å². The van der Waals surface area contributed by atoms with E-state index in [2.05, 4.69) is 20.8 Å². The Kier molecular flexibility index (Phi) is 5.07. The second-order valence-electron chi connectivity index (χ2n) is 6.64. The maximum absolute atomic E-state index is 11.4. The number of esters is 2. The van der Waals surface area contributed by atoms with Crippen LogP contribution in [0.4, 0.5) is 0 Å². The highest BCUT2D eigenvalue weighted by atomic mass is 16.5. The molecule has 0 atom stereocenters.